The Morgan fingerprint density at radius 3 is 2.76 bits per heavy atom. The van der Waals surface area contributed by atoms with Crippen LogP contribution in [0.15, 0.2) is 52.7 Å². The zero-order valence-electron chi connectivity index (χ0n) is 17.6. The molecule has 0 amide bonds. The van der Waals surface area contributed by atoms with Gasteiger partial charge in [-0.25, -0.2) is 4.98 Å². The van der Waals surface area contributed by atoms with Crippen LogP contribution in [0.5, 0.6) is 0 Å². The molecule has 2 aromatic heterocycles. The molecule has 0 aliphatic carbocycles. The number of ketones is 1. The summed E-state index contributed by atoms with van der Waals surface area (Å²) in [6.07, 6.45) is 6.07. The number of hydrogen-bond donors (Lipinski definition) is 2. The number of nitrogens with one attached hydrogen (secondary N) is 1. The Balaban J connectivity index is 0.00000193. The van der Waals surface area contributed by atoms with Gasteiger partial charge in [0.1, 0.15) is 0 Å². The van der Waals surface area contributed by atoms with E-state index in [4.69, 9.17) is 11.6 Å². The number of Topliss-reactive ketones (excluding diaryl/α,β-unsaturated/α-hetero) is 1. The Hall–Kier alpha value is -1.68. The van der Waals surface area contributed by atoms with Crippen LogP contribution in [0.4, 0.5) is 0 Å². The van der Waals surface area contributed by atoms with Gasteiger partial charge in [0.05, 0.1) is 34.9 Å². The molecule has 1 aliphatic heterocycles. The van der Waals surface area contributed by atoms with Crippen LogP contribution >= 0.6 is 48.2 Å². The molecule has 1 aliphatic rings. The number of carbonyl (C=O) groups is 1. The number of carbonyl (C=O) groups excluding carboxylic acids is 1. The molecule has 1 aromatic carbocycles. The first-order valence-corrected chi connectivity index (χ1v) is 11.5. The lowest BCUT2D eigenvalue weighted by Gasteiger charge is -2.28. The van der Waals surface area contributed by atoms with Gasteiger partial charge in [-0.05, 0) is 49.2 Å². The van der Waals surface area contributed by atoms with Crippen molar-refractivity contribution in [2.45, 2.75) is 48.6 Å². The molecule has 3 aromatic rings. The second-order valence-corrected chi connectivity index (χ2v) is 9.06. The van der Waals surface area contributed by atoms with Crippen LogP contribution in [-0.4, -0.2) is 44.1 Å². The third-order valence-corrected chi connectivity index (χ3v) is 6.91. The topological polar surface area (TPSA) is 97.1 Å². The van der Waals surface area contributed by atoms with E-state index < -0.39 is 6.10 Å². The molecule has 0 bridgehead atoms. The Kier molecular flexibility index (Phi) is 10.6. The van der Waals surface area contributed by atoms with E-state index >= 15 is 0 Å². The zero-order valence-corrected chi connectivity index (χ0v) is 20.9. The van der Waals surface area contributed by atoms with Gasteiger partial charge in [-0.2, -0.15) is 0 Å². The fourth-order valence-corrected chi connectivity index (χ4v) is 4.90. The highest BCUT2D eigenvalue weighted by Gasteiger charge is 2.25. The second-order valence-electron chi connectivity index (χ2n) is 7.63. The second kappa shape index (κ2) is 12.7. The molecule has 7 nitrogen and oxygen atoms in total. The number of halogens is 3. The molecule has 0 spiro atoms. The summed E-state index contributed by atoms with van der Waals surface area (Å²) in [6.45, 7) is 0.710. The first-order chi connectivity index (χ1) is 15.0. The standard InChI is InChI=1S/C22H23ClN4O3S.2ClH/c23-17-10-18-16(9-21(17)31-12-14-3-6-24-7-4-14)22(30)27(13-26-18)11-15(28)8-19-20(29)2-1-5-25-19;;/h3-4,6-7,9-10,13,19-20,25,29H,1-2,5,8,11-12H2;2*1H/t19-,20+;;/m0../s1. The minimum Gasteiger partial charge on any atom is -0.391 e. The van der Waals surface area contributed by atoms with Gasteiger partial charge in [0.25, 0.3) is 5.56 Å². The van der Waals surface area contributed by atoms with E-state index in [-0.39, 0.29) is 55.2 Å². The summed E-state index contributed by atoms with van der Waals surface area (Å²) in [6, 6.07) is 7.02. The van der Waals surface area contributed by atoms with Gasteiger partial charge in [-0.15, -0.1) is 36.6 Å². The van der Waals surface area contributed by atoms with Crippen LogP contribution in [-0.2, 0) is 17.1 Å². The van der Waals surface area contributed by atoms with E-state index in [0.29, 0.717) is 28.1 Å². The van der Waals surface area contributed by atoms with Crippen molar-refractivity contribution in [1.82, 2.24) is 19.9 Å². The van der Waals surface area contributed by atoms with Crippen molar-refractivity contribution < 1.29 is 9.90 Å². The molecule has 4 rings (SSSR count). The van der Waals surface area contributed by atoms with Gasteiger partial charge in [0.2, 0.25) is 0 Å². The summed E-state index contributed by atoms with van der Waals surface area (Å²) in [7, 11) is 0. The molecule has 0 saturated carbocycles. The molecule has 33 heavy (non-hydrogen) atoms. The molecular weight excluding hydrogens is 507 g/mol. The number of aliphatic hydroxyl groups excluding tert-OH is 1. The summed E-state index contributed by atoms with van der Waals surface area (Å²) < 4.78 is 1.32. The number of hydrogen-bond acceptors (Lipinski definition) is 7. The predicted molar refractivity (Wildman–Crippen MR) is 136 cm³/mol. The van der Waals surface area contributed by atoms with Crippen LogP contribution in [0.2, 0.25) is 5.02 Å². The molecule has 11 heteroatoms. The highest BCUT2D eigenvalue weighted by molar-refractivity contribution is 7.98. The molecule has 1 saturated heterocycles. The number of fused-ring (bicyclic) bond motifs is 1. The lowest BCUT2D eigenvalue weighted by molar-refractivity contribution is -0.121. The maximum Gasteiger partial charge on any atom is 0.261 e. The molecule has 1 fully saturated rings. The number of benzene rings is 1. The summed E-state index contributed by atoms with van der Waals surface area (Å²) >= 11 is 7.93. The van der Waals surface area contributed by atoms with Crippen LogP contribution in [0.25, 0.3) is 10.9 Å². The number of rotatable bonds is 7. The Morgan fingerprint density at radius 2 is 2.03 bits per heavy atom. The fraction of sp³-hybridized carbons (Fsp3) is 0.364. The van der Waals surface area contributed by atoms with Crippen LogP contribution in [0.1, 0.15) is 24.8 Å². The zero-order chi connectivity index (χ0) is 21.8. The minimum absolute atomic E-state index is 0. The highest BCUT2D eigenvalue weighted by atomic mass is 35.5. The third kappa shape index (κ3) is 6.91. The summed E-state index contributed by atoms with van der Waals surface area (Å²) in [5.41, 5.74) is 1.32. The fourth-order valence-electron chi connectivity index (χ4n) is 3.67. The maximum absolute atomic E-state index is 13.0. The first-order valence-electron chi connectivity index (χ1n) is 10.1. The van der Waals surface area contributed by atoms with E-state index in [0.717, 1.165) is 23.4 Å². The molecule has 0 radical (unpaired) electrons. The Bertz CT molecular complexity index is 1150. The average molecular weight is 532 g/mol. The normalized spacial score (nSPS) is 17.8. The number of pyridine rings is 1. The van der Waals surface area contributed by atoms with Crippen molar-refractivity contribution in [3.63, 3.8) is 0 Å². The number of piperidine rings is 1. The third-order valence-electron chi connectivity index (χ3n) is 5.36. The largest absolute Gasteiger partial charge is 0.391 e. The smallest absolute Gasteiger partial charge is 0.261 e. The van der Waals surface area contributed by atoms with Gasteiger partial charge in [0.15, 0.2) is 5.78 Å². The molecule has 3 heterocycles. The Labute approximate surface area is 213 Å². The Morgan fingerprint density at radius 1 is 1.27 bits per heavy atom. The van der Waals surface area contributed by atoms with Crippen LogP contribution < -0.4 is 10.9 Å². The monoisotopic (exact) mass is 530 g/mol. The van der Waals surface area contributed by atoms with Gasteiger partial charge in [-0.1, -0.05) is 11.6 Å². The highest BCUT2D eigenvalue weighted by Crippen LogP contribution is 2.32. The molecule has 178 valence electrons. The molecular formula is C22H25Cl3N4O3S. The van der Waals surface area contributed by atoms with E-state index in [2.05, 4.69) is 15.3 Å². The van der Waals surface area contributed by atoms with Crippen molar-refractivity contribution in [1.29, 1.82) is 0 Å². The van der Waals surface area contributed by atoms with Crippen LogP contribution in [0.3, 0.4) is 0 Å². The minimum atomic E-state index is -0.536. The van der Waals surface area contributed by atoms with E-state index in [1.807, 2.05) is 12.1 Å². The van der Waals surface area contributed by atoms with Crippen molar-refractivity contribution in [2.24, 2.45) is 0 Å². The van der Waals surface area contributed by atoms with E-state index in [1.165, 1.54) is 22.7 Å². The van der Waals surface area contributed by atoms with E-state index in [1.54, 1.807) is 24.5 Å². The molecule has 0 unspecified atom stereocenters. The van der Waals surface area contributed by atoms with Gasteiger partial charge >= 0.3 is 0 Å². The summed E-state index contributed by atoms with van der Waals surface area (Å²) in [4.78, 5) is 34.6. The number of aliphatic hydroxyl groups is 1. The quantitative estimate of drug-likeness (QED) is 0.449. The SMILES string of the molecule is Cl.Cl.O=C(C[C@@H]1NCCC[C@H]1O)Cn1cnc2cc(Cl)c(SCc3ccncc3)cc2c1=O. The summed E-state index contributed by atoms with van der Waals surface area (Å²) in [5.74, 6) is 0.570. The summed E-state index contributed by atoms with van der Waals surface area (Å²) in [5, 5.41) is 14.2. The van der Waals surface area contributed by atoms with Crippen molar-refractivity contribution in [3.05, 3.63) is 63.9 Å². The van der Waals surface area contributed by atoms with Crippen molar-refractivity contribution in [2.75, 3.05) is 6.54 Å². The van der Waals surface area contributed by atoms with Gasteiger partial charge in [0, 0.05) is 35.5 Å². The number of thioether (sulfide) groups is 1. The number of nitrogens with zero attached hydrogens (tertiary/aromatic N) is 3. The van der Waals surface area contributed by atoms with Gasteiger partial charge < -0.3 is 10.4 Å². The predicted octanol–water partition coefficient (Wildman–Crippen LogP) is 3.65. The molecule has 2 atom stereocenters. The van der Waals surface area contributed by atoms with Crippen molar-refractivity contribution in [3.8, 4) is 0 Å². The maximum atomic E-state index is 13.0. The first kappa shape index (κ1) is 27.6. The van der Waals surface area contributed by atoms with Crippen molar-refractivity contribution >= 4 is 64.9 Å². The average Bonchev–Trinajstić information content (AvgIpc) is 2.77. The van der Waals surface area contributed by atoms with Crippen LogP contribution in [0, 0.1) is 0 Å². The molecule has 2 N–H and O–H groups in total. The lowest BCUT2D eigenvalue weighted by atomic mass is 9.97. The number of aromatic nitrogens is 3. The van der Waals surface area contributed by atoms with Gasteiger partial charge in [-0.3, -0.25) is 19.1 Å². The van der Waals surface area contributed by atoms with E-state index in [9.17, 15) is 14.7 Å². The lowest BCUT2D eigenvalue weighted by Crippen LogP contribution is -2.46.